The summed E-state index contributed by atoms with van der Waals surface area (Å²) in [6, 6.07) is 3.53. The van der Waals surface area contributed by atoms with Crippen molar-refractivity contribution in [2.24, 2.45) is 5.92 Å². The molecule has 0 amide bonds. The molecule has 6 fully saturated rings. The van der Waals surface area contributed by atoms with Crippen LogP contribution in [0.2, 0.25) is 0 Å². The summed E-state index contributed by atoms with van der Waals surface area (Å²) in [6.07, 6.45) is 31.0. The Balaban J connectivity index is 0.000000130. The monoisotopic (exact) mass is 1030 g/mol. The van der Waals surface area contributed by atoms with Crippen molar-refractivity contribution < 1.29 is 4.79 Å². The highest BCUT2D eigenvalue weighted by Crippen LogP contribution is 2.37. The molecule has 0 aliphatic heterocycles. The second kappa shape index (κ2) is 22.6. The SMILES string of the molecule is CC(=O)c1c(N)c2cnc(NC3CCCCC3)nc2n(C2CCC2)c1=O.Cc1c(N)c2cnc(N[C@H]3CCCC[C@@H]3C)nc2n(C2CCC2)c1=O.N#Cc1c(N)c2cnc(NC3CCCCC3)nc2n(C2CCC2)c1=O. The molecule has 20 nitrogen and oxygen atoms in total. The third-order valence-corrected chi connectivity index (χ3v) is 17.3. The van der Waals surface area contributed by atoms with Crippen molar-refractivity contribution in [2.75, 3.05) is 33.2 Å². The Kier molecular flexibility index (Phi) is 15.5. The smallest absolute Gasteiger partial charge is 0.272 e. The topological polar surface area (TPSA) is 298 Å². The van der Waals surface area contributed by atoms with E-state index < -0.39 is 0 Å². The molecule has 0 radical (unpaired) electrons. The fourth-order valence-electron chi connectivity index (χ4n) is 11.9. The van der Waals surface area contributed by atoms with E-state index in [0.717, 1.165) is 95.3 Å². The fraction of sp³-hybridized carbons (Fsp3) is 0.589. The van der Waals surface area contributed by atoms with E-state index in [2.05, 4.69) is 47.8 Å². The molecule has 0 spiro atoms. The van der Waals surface area contributed by atoms with Crippen molar-refractivity contribution in [3.63, 3.8) is 0 Å². The Hall–Kier alpha value is -7.17. The number of carbonyl (C=O) groups excluding carboxylic acids is 1. The summed E-state index contributed by atoms with van der Waals surface area (Å²) in [5.74, 6) is 1.99. The Bertz CT molecular complexity index is 3370. The number of hydrogen-bond acceptors (Lipinski definition) is 17. The van der Waals surface area contributed by atoms with Crippen molar-refractivity contribution in [2.45, 2.75) is 205 Å². The molecule has 0 aromatic carbocycles. The highest BCUT2D eigenvalue weighted by molar-refractivity contribution is 6.05. The molecule has 6 aliphatic carbocycles. The molecule has 2 atom stereocenters. The Labute approximate surface area is 442 Å². The highest BCUT2D eigenvalue weighted by atomic mass is 16.2. The van der Waals surface area contributed by atoms with Gasteiger partial charge in [-0.2, -0.15) is 20.2 Å². The average molecular weight is 1040 g/mol. The van der Waals surface area contributed by atoms with Gasteiger partial charge >= 0.3 is 0 Å². The molecule has 6 aromatic heterocycles. The maximum atomic E-state index is 13.0. The predicted octanol–water partition coefficient (Wildman–Crippen LogP) is 9.16. The summed E-state index contributed by atoms with van der Waals surface area (Å²) in [5.41, 5.74) is 21.0. The van der Waals surface area contributed by atoms with Crippen molar-refractivity contribution in [3.8, 4) is 6.07 Å². The molecular formula is C56H74N16O4. The molecule has 402 valence electrons. The van der Waals surface area contributed by atoms with E-state index in [9.17, 15) is 24.4 Å². The number of nitrogen functional groups attached to an aromatic ring is 3. The highest BCUT2D eigenvalue weighted by Gasteiger charge is 2.31. The van der Waals surface area contributed by atoms with Crippen LogP contribution in [0.4, 0.5) is 34.9 Å². The minimum Gasteiger partial charge on any atom is -0.398 e. The number of aromatic nitrogens is 9. The standard InChI is InChI=1S/C19H25N5O2.C19H27N5O.C18H22N6O/c1-11(25)15-16(20)14-10-21-19(22-12-6-3-2-4-7-12)23-17(14)24(18(15)26)13-8-5-9-13;1-11-6-3-4-9-15(11)22-19-21-10-14-16(20)12(2)18(25)24(17(14)23-19)13-7-5-8-13;19-9-13-15(20)14-10-21-18(22-11-5-2-1-3-6-11)23-16(14)24(17(13)25)12-7-4-8-12/h10,12-13H,2-9,20H2,1H3,(H,21,22,23);10-11,13,15H,3-9,20H2,1-2H3,(H,21,22,23);10-12H,1-8,20H2,(H,21,22,23)/t;11-,15-;/m.0./s1. The van der Waals surface area contributed by atoms with Crippen LogP contribution in [0.3, 0.4) is 0 Å². The molecule has 20 heteroatoms. The first-order valence-corrected chi connectivity index (χ1v) is 28.1. The number of nitrogens with two attached hydrogens (primary N) is 3. The number of fused-ring (bicyclic) bond motifs is 3. The van der Waals surface area contributed by atoms with Crippen LogP contribution >= 0.6 is 0 Å². The number of hydrogen-bond donors (Lipinski definition) is 6. The summed E-state index contributed by atoms with van der Waals surface area (Å²) in [4.78, 5) is 77.8. The molecule has 0 unspecified atom stereocenters. The summed E-state index contributed by atoms with van der Waals surface area (Å²) in [7, 11) is 0. The lowest BCUT2D eigenvalue weighted by molar-refractivity contribution is 0.101. The predicted molar refractivity (Wildman–Crippen MR) is 299 cm³/mol. The lowest BCUT2D eigenvalue weighted by atomic mass is 9.86. The molecule has 12 rings (SSSR count). The Morgan fingerprint density at radius 2 is 0.947 bits per heavy atom. The number of ketones is 1. The number of Topliss-reactive ketones (excluding diaryl/α,β-unsaturated/α-hetero) is 1. The molecule has 0 bridgehead atoms. The molecule has 6 heterocycles. The molecule has 76 heavy (non-hydrogen) atoms. The third-order valence-electron chi connectivity index (χ3n) is 17.3. The van der Waals surface area contributed by atoms with Gasteiger partial charge in [0.05, 0.1) is 33.2 Å². The van der Waals surface area contributed by atoms with Gasteiger partial charge in [0.2, 0.25) is 17.8 Å². The van der Waals surface area contributed by atoms with Crippen molar-refractivity contribution >= 4 is 73.8 Å². The number of rotatable bonds is 10. The van der Waals surface area contributed by atoms with E-state index in [-0.39, 0.29) is 63.1 Å². The molecule has 0 saturated heterocycles. The number of nitriles is 1. The van der Waals surface area contributed by atoms with Gasteiger partial charge in [0.25, 0.3) is 16.7 Å². The first kappa shape index (κ1) is 52.3. The maximum Gasteiger partial charge on any atom is 0.272 e. The quantitative estimate of drug-likeness (QED) is 0.0697. The van der Waals surface area contributed by atoms with Crippen molar-refractivity contribution in [3.05, 3.63) is 66.3 Å². The minimum atomic E-state index is -0.334. The fourth-order valence-corrected chi connectivity index (χ4v) is 11.9. The van der Waals surface area contributed by atoms with E-state index in [1.54, 1.807) is 34.6 Å². The van der Waals surface area contributed by atoms with Gasteiger partial charge in [-0.05, 0) is 116 Å². The van der Waals surface area contributed by atoms with Crippen LogP contribution in [-0.2, 0) is 0 Å². The average Bonchev–Trinajstić information content (AvgIpc) is 3.38. The molecule has 6 saturated carbocycles. The first-order chi connectivity index (χ1) is 36.8. The zero-order valence-electron chi connectivity index (χ0n) is 44.4. The van der Waals surface area contributed by atoms with E-state index in [1.807, 2.05) is 10.6 Å². The minimum absolute atomic E-state index is 0.00371. The van der Waals surface area contributed by atoms with Gasteiger partial charge < -0.3 is 33.2 Å². The van der Waals surface area contributed by atoms with Crippen LogP contribution < -0.4 is 49.8 Å². The van der Waals surface area contributed by atoms with E-state index in [0.29, 0.717) is 80.9 Å². The van der Waals surface area contributed by atoms with E-state index in [1.165, 1.54) is 64.7 Å². The first-order valence-electron chi connectivity index (χ1n) is 28.1. The number of nitrogens with zero attached hydrogens (tertiary/aromatic N) is 10. The van der Waals surface area contributed by atoms with Gasteiger partial charge in [-0.3, -0.25) is 32.9 Å². The van der Waals surface area contributed by atoms with Gasteiger partial charge in [-0.15, -0.1) is 0 Å². The lowest BCUT2D eigenvalue weighted by Crippen LogP contribution is -2.34. The van der Waals surface area contributed by atoms with Crippen LogP contribution in [0, 0.1) is 24.2 Å². The lowest BCUT2D eigenvalue weighted by Gasteiger charge is -2.31. The summed E-state index contributed by atoms with van der Waals surface area (Å²) < 4.78 is 5.17. The number of anilines is 6. The van der Waals surface area contributed by atoms with E-state index in [4.69, 9.17) is 22.2 Å². The zero-order valence-corrected chi connectivity index (χ0v) is 44.4. The second-order valence-corrected chi connectivity index (χ2v) is 22.3. The summed E-state index contributed by atoms with van der Waals surface area (Å²) in [6.45, 7) is 5.45. The number of carbonyl (C=O) groups is 1. The van der Waals surface area contributed by atoms with Crippen LogP contribution in [0.5, 0.6) is 0 Å². The van der Waals surface area contributed by atoms with E-state index >= 15 is 0 Å². The second-order valence-electron chi connectivity index (χ2n) is 22.3. The zero-order chi connectivity index (χ0) is 53.2. The summed E-state index contributed by atoms with van der Waals surface area (Å²) >= 11 is 0. The summed E-state index contributed by atoms with van der Waals surface area (Å²) in [5, 5.41) is 21.6. The Morgan fingerprint density at radius 1 is 0.539 bits per heavy atom. The molecule has 6 aliphatic rings. The molecule has 9 N–H and O–H groups in total. The number of pyridine rings is 3. The van der Waals surface area contributed by atoms with Crippen LogP contribution in [0.25, 0.3) is 33.1 Å². The van der Waals surface area contributed by atoms with Gasteiger partial charge in [0.1, 0.15) is 17.2 Å². The van der Waals surface area contributed by atoms with Crippen LogP contribution in [0.15, 0.2) is 33.0 Å². The Morgan fingerprint density at radius 3 is 1.38 bits per heavy atom. The molecule has 6 aromatic rings. The van der Waals surface area contributed by atoms with Gasteiger partial charge in [-0.1, -0.05) is 58.3 Å². The van der Waals surface area contributed by atoms with Crippen molar-refractivity contribution in [1.82, 2.24) is 43.6 Å². The van der Waals surface area contributed by atoms with Crippen molar-refractivity contribution in [1.29, 1.82) is 5.26 Å². The van der Waals surface area contributed by atoms with Gasteiger partial charge in [-0.25, -0.2) is 15.0 Å². The normalized spacial score (nSPS) is 20.5. The van der Waals surface area contributed by atoms with Gasteiger partial charge in [0, 0.05) is 60.4 Å². The maximum absolute atomic E-state index is 13.0. The van der Waals surface area contributed by atoms with Gasteiger partial charge in [0.15, 0.2) is 22.7 Å². The third kappa shape index (κ3) is 10.4. The van der Waals surface area contributed by atoms with Crippen LogP contribution in [0.1, 0.15) is 201 Å². The number of nitrogens with one attached hydrogen (secondary N) is 3. The van der Waals surface area contributed by atoms with Crippen LogP contribution in [-0.4, -0.2) is 67.5 Å². The molecular weight excluding hydrogens is 961 g/mol. The largest absolute Gasteiger partial charge is 0.398 e.